The van der Waals surface area contributed by atoms with Crippen LogP contribution in [0, 0.1) is 0 Å². The van der Waals surface area contributed by atoms with Gasteiger partial charge < -0.3 is 10.6 Å². The van der Waals surface area contributed by atoms with Crippen LogP contribution in [0.3, 0.4) is 0 Å². The van der Waals surface area contributed by atoms with Crippen molar-refractivity contribution in [2.75, 3.05) is 17.2 Å². The van der Waals surface area contributed by atoms with Crippen LogP contribution in [0.2, 0.25) is 0 Å². The zero-order valence-corrected chi connectivity index (χ0v) is 16.6. The lowest BCUT2D eigenvalue weighted by Gasteiger charge is -2.16. The minimum atomic E-state index is 0.540. The smallest absolute Gasteiger partial charge is 0.0343 e. The maximum atomic E-state index is 3.63. The second-order valence-corrected chi connectivity index (χ2v) is 7.34. The van der Waals surface area contributed by atoms with Gasteiger partial charge in [0.1, 0.15) is 0 Å². The molecule has 2 rings (SSSR count). The Bertz CT molecular complexity index is 577. The Hall–Kier alpha value is -1.96. The van der Waals surface area contributed by atoms with E-state index in [9.17, 15) is 0 Å². The summed E-state index contributed by atoms with van der Waals surface area (Å²) in [6.45, 7) is 5.53. The molecule has 0 spiro atoms. The molecule has 0 heterocycles. The highest BCUT2D eigenvalue weighted by Crippen LogP contribution is 2.16. The molecule has 1 unspecified atom stereocenters. The van der Waals surface area contributed by atoms with E-state index in [1.165, 1.54) is 61.9 Å². The number of unbranched alkanes of at least 4 members (excludes halogenated alkanes) is 5. The summed E-state index contributed by atoms with van der Waals surface area (Å²) in [5.41, 5.74) is 3.79. The molecule has 1 atom stereocenters. The Balaban J connectivity index is 1.62. The molecule has 142 valence electrons. The van der Waals surface area contributed by atoms with Crippen molar-refractivity contribution in [1.82, 2.24) is 0 Å². The van der Waals surface area contributed by atoms with Crippen LogP contribution in [0.5, 0.6) is 0 Å². The van der Waals surface area contributed by atoms with Crippen LogP contribution in [-0.4, -0.2) is 12.6 Å². The van der Waals surface area contributed by atoms with Gasteiger partial charge in [-0.15, -0.1) is 0 Å². The fourth-order valence-corrected chi connectivity index (χ4v) is 3.27. The summed E-state index contributed by atoms with van der Waals surface area (Å²) in [4.78, 5) is 0. The molecule has 26 heavy (non-hydrogen) atoms. The zero-order chi connectivity index (χ0) is 18.5. The molecule has 2 nitrogen and oxygen atoms in total. The number of benzene rings is 2. The fraction of sp³-hybridized carbons (Fsp3) is 0.500. The molecule has 2 aromatic rings. The minimum absolute atomic E-state index is 0.540. The van der Waals surface area contributed by atoms with E-state index in [4.69, 9.17) is 0 Å². The number of nitrogens with one attached hydrogen (secondary N) is 2. The molecule has 0 aliphatic rings. The van der Waals surface area contributed by atoms with Crippen LogP contribution in [0.25, 0.3) is 0 Å². The second kappa shape index (κ2) is 12.4. The van der Waals surface area contributed by atoms with Crippen molar-refractivity contribution in [2.45, 2.75) is 71.3 Å². The van der Waals surface area contributed by atoms with Crippen molar-refractivity contribution in [3.8, 4) is 0 Å². The lowest BCUT2D eigenvalue weighted by Crippen LogP contribution is -2.14. The molecule has 0 bridgehead atoms. The Morgan fingerprint density at radius 2 is 1.42 bits per heavy atom. The average Bonchev–Trinajstić information content (AvgIpc) is 2.67. The normalized spacial score (nSPS) is 11.9. The van der Waals surface area contributed by atoms with E-state index < -0.39 is 0 Å². The third-order valence-electron chi connectivity index (χ3n) is 4.87. The molecule has 0 aliphatic carbocycles. The standard InChI is InChI=1S/C24H36N2/c1-3-4-5-6-7-9-12-21(2)26-24-17-15-23(16-18-24)25-20-19-22-13-10-8-11-14-22/h8,10-11,13-18,21,25-26H,3-7,9,12,19-20H2,1-2H3. The number of rotatable bonds is 13. The Morgan fingerprint density at radius 1 is 0.769 bits per heavy atom. The Labute approximate surface area is 160 Å². The van der Waals surface area contributed by atoms with Crippen LogP contribution < -0.4 is 10.6 Å². The van der Waals surface area contributed by atoms with Crippen LogP contribution >= 0.6 is 0 Å². The van der Waals surface area contributed by atoms with Crippen molar-refractivity contribution in [1.29, 1.82) is 0 Å². The van der Waals surface area contributed by atoms with Crippen LogP contribution in [-0.2, 0) is 6.42 Å². The zero-order valence-electron chi connectivity index (χ0n) is 16.6. The first-order valence-electron chi connectivity index (χ1n) is 10.4. The summed E-state index contributed by atoms with van der Waals surface area (Å²) >= 11 is 0. The number of hydrogen-bond acceptors (Lipinski definition) is 2. The molecule has 0 aromatic heterocycles. The van der Waals surface area contributed by atoms with E-state index >= 15 is 0 Å². The van der Waals surface area contributed by atoms with Gasteiger partial charge in [0, 0.05) is 24.0 Å². The predicted octanol–water partition coefficient (Wildman–Crippen LogP) is 6.89. The van der Waals surface area contributed by atoms with Crippen molar-refractivity contribution >= 4 is 11.4 Å². The summed E-state index contributed by atoms with van der Waals surface area (Å²) < 4.78 is 0. The Morgan fingerprint density at radius 3 is 2.15 bits per heavy atom. The van der Waals surface area contributed by atoms with E-state index in [1.54, 1.807) is 0 Å². The molecule has 2 N–H and O–H groups in total. The average molecular weight is 353 g/mol. The van der Waals surface area contributed by atoms with Gasteiger partial charge in [0.2, 0.25) is 0 Å². The van der Waals surface area contributed by atoms with E-state index in [1.807, 2.05) is 0 Å². The summed E-state index contributed by atoms with van der Waals surface area (Å²) in [7, 11) is 0. The van der Waals surface area contributed by atoms with Gasteiger partial charge in [0.25, 0.3) is 0 Å². The van der Waals surface area contributed by atoms with Gasteiger partial charge in [0.05, 0.1) is 0 Å². The summed E-state index contributed by atoms with van der Waals surface area (Å²) in [6.07, 6.45) is 10.5. The van der Waals surface area contributed by atoms with Crippen molar-refractivity contribution < 1.29 is 0 Å². The van der Waals surface area contributed by atoms with Crippen molar-refractivity contribution in [3.63, 3.8) is 0 Å². The monoisotopic (exact) mass is 352 g/mol. The molecular formula is C24H36N2. The predicted molar refractivity (Wildman–Crippen MR) is 116 cm³/mol. The highest BCUT2D eigenvalue weighted by molar-refractivity contribution is 5.54. The second-order valence-electron chi connectivity index (χ2n) is 7.34. The molecule has 0 fully saturated rings. The van der Waals surface area contributed by atoms with E-state index in [-0.39, 0.29) is 0 Å². The quantitative estimate of drug-likeness (QED) is 0.383. The molecular weight excluding hydrogens is 316 g/mol. The SMILES string of the molecule is CCCCCCCCC(C)Nc1ccc(NCCc2ccccc2)cc1. The van der Waals surface area contributed by atoms with Crippen molar-refractivity contribution in [2.24, 2.45) is 0 Å². The first-order chi connectivity index (χ1) is 12.8. The largest absolute Gasteiger partial charge is 0.385 e. The fourth-order valence-electron chi connectivity index (χ4n) is 3.27. The van der Waals surface area contributed by atoms with Gasteiger partial charge in [-0.2, -0.15) is 0 Å². The maximum absolute atomic E-state index is 3.63. The van der Waals surface area contributed by atoms with Gasteiger partial charge >= 0.3 is 0 Å². The highest BCUT2D eigenvalue weighted by Gasteiger charge is 2.02. The lowest BCUT2D eigenvalue weighted by atomic mass is 10.1. The molecule has 2 heteroatoms. The van der Waals surface area contributed by atoms with Gasteiger partial charge in [-0.05, 0) is 49.6 Å². The minimum Gasteiger partial charge on any atom is -0.385 e. The molecule has 0 radical (unpaired) electrons. The Kier molecular flexibility index (Phi) is 9.71. The first kappa shape index (κ1) is 20.4. The highest BCUT2D eigenvalue weighted by atomic mass is 14.9. The van der Waals surface area contributed by atoms with Crippen LogP contribution in [0.15, 0.2) is 54.6 Å². The molecule has 0 aliphatic heterocycles. The van der Waals surface area contributed by atoms with E-state index in [2.05, 4.69) is 79.1 Å². The third kappa shape index (κ3) is 8.42. The van der Waals surface area contributed by atoms with E-state index in [0.717, 1.165) is 13.0 Å². The van der Waals surface area contributed by atoms with E-state index in [0.29, 0.717) is 6.04 Å². The third-order valence-corrected chi connectivity index (χ3v) is 4.87. The maximum Gasteiger partial charge on any atom is 0.0343 e. The topological polar surface area (TPSA) is 24.1 Å². The van der Waals surface area contributed by atoms with Crippen molar-refractivity contribution in [3.05, 3.63) is 60.2 Å². The number of anilines is 2. The first-order valence-corrected chi connectivity index (χ1v) is 10.4. The summed E-state index contributed by atoms with van der Waals surface area (Å²) in [5.74, 6) is 0. The van der Waals surface area contributed by atoms with Gasteiger partial charge in [-0.25, -0.2) is 0 Å². The molecule has 0 saturated carbocycles. The summed E-state index contributed by atoms with van der Waals surface area (Å²) in [5, 5.41) is 7.13. The summed E-state index contributed by atoms with van der Waals surface area (Å²) in [6, 6.07) is 19.9. The molecule has 0 amide bonds. The molecule has 2 aromatic carbocycles. The molecule has 0 saturated heterocycles. The van der Waals surface area contributed by atoms with Gasteiger partial charge in [-0.3, -0.25) is 0 Å². The van der Waals surface area contributed by atoms with Gasteiger partial charge in [-0.1, -0.05) is 75.8 Å². The lowest BCUT2D eigenvalue weighted by molar-refractivity contribution is 0.567. The van der Waals surface area contributed by atoms with Crippen LogP contribution in [0.1, 0.15) is 64.4 Å². The van der Waals surface area contributed by atoms with Crippen LogP contribution in [0.4, 0.5) is 11.4 Å². The van der Waals surface area contributed by atoms with Gasteiger partial charge in [0.15, 0.2) is 0 Å². The number of hydrogen-bond donors (Lipinski definition) is 2.